The highest BCUT2D eigenvalue weighted by Gasteiger charge is 2.44. The van der Waals surface area contributed by atoms with Crippen LogP contribution in [0.1, 0.15) is 65.1 Å². The number of esters is 2. The Morgan fingerprint density at radius 3 is 1.68 bits per heavy atom. The Bertz CT molecular complexity index is 4420. The third-order valence-electron chi connectivity index (χ3n) is 14.8. The first-order valence-corrected chi connectivity index (χ1v) is 29.2. The molecule has 0 saturated carbocycles. The first-order chi connectivity index (χ1) is 40.8. The zero-order chi connectivity index (χ0) is 62.5. The summed E-state index contributed by atoms with van der Waals surface area (Å²) in [5.41, 5.74) is 6.98. The van der Waals surface area contributed by atoms with Gasteiger partial charge in [-0.3, -0.25) is 0 Å². The number of methoxy groups -OCH3 is 1. The maximum absolute atomic E-state index is 12.4. The van der Waals surface area contributed by atoms with Gasteiger partial charge in [0.1, 0.15) is 71.0 Å². The van der Waals surface area contributed by atoms with Crippen LogP contribution < -0.4 is 29.5 Å². The van der Waals surface area contributed by atoms with Crippen LogP contribution in [0, 0.1) is 42.7 Å². The van der Waals surface area contributed by atoms with Gasteiger partial charge in [-0.15, -0.1) is 0 Å². The lowest BCUT2D eigenvalue weighted by atomic mass is 9.78. The van der Waals surface area contributed by atoms with Gasteiger partial charge in [0.2, 0.25) is 5.69 Å². The van der Waals surface area contributed by atoms with E-state index in [4.69, 9.17) is 36.8 Å². The molecule has 2 aliphatic rings. The van der Waals surface area contributed by atoms with E-state index in [9.17, 15) is 46.1 Å². The van der Waals surface area contributed by atoms with Crippen LogP contribution in [0.3, 0.4) is 0 Å². The molecule has 0 radical (unpaired) electrons. The third-order valence-corrected chi connectivity index (χ3v) is 16.6. The molecule has 20 nitrogen and oxygen atoms in total. The number of fused-ring (bicyclic) bond motifs is 6. The minimum Gasteiger partial charge on any atom is -0.744 e. The first kappa shape index (κ1) is 64.4. The van der Waals surface area contributed by atoms with Crippen LogP contribution in [0.5, 0.6) is 17.2 Å². The molecular weight excluding hydrogens is 1150 g/mol. The summed E-state index contributed by atoms with van der Waals surface area (Å²) in [4.78, 5) is 31.9. The molecule has 0 fully saturated rings. The van der Waals surface area contributed by atoms with Gasteiger partial charge in [-0.1, -0.05) is 80.1 Å². The monoisotopic (exact) mass is 1210 g/mol. The highest BCUT2D eigenvalue weighted by atomic mass is 32.2. The van der Waals surface area contributed by atoms with Gasteiger partial charge in [0.25, 0.3) is 11.4 Å². The zero-order valence-corrected chi connectivity index (χ0v) is 50.0. The fraction of sp³-hybridized carbons (Fsp3) is 0.215. The molecule has 0 amide bonds. The van der Waals surface area contributed by atoms with Crippen molar-refractivity contribution in [2.24, 2.45) is 0 Å². The minimum absolute atomic E-state index is 0. The summed E-state index contributed by atoms with van der Waals surface area (Å²) in [6.07, 6.45) is 6.86. The maximum atomic E-state index is 12.4. The lowest BCUT2D eigenvalue weighted by molar-refractivity contribution is -0.401. The normalized spacial score (nSPS) is 14.9. The van der Waals surface area contributed by atoms with E-state index in [1.165, 1.54) is 85.3 Å². The Labute approximate surface area is 503 Å². The Kier molecular flexibility index (Phi) is 19.2. The second-order valence-electron chi connectivity index (χ2n) is 20.8. The molecule has 2 N–H and O–H groups in total. The van der Waals surface area contributed by atoms with E-state index in [1.54, 1.807) is 19.2 Å². The Morgan fingerprint density at radius 1 is 0.678 bits per heavy atom. The van der Waals surface area contributed by atoms with Crippen molar-refractivity contribution < 1.29 is 69.3 Å². The summed E-state index contributed by atoms with van der Waals surface area (Å²) in [6.45, 7) is 24.3. The largest absolute Gasteiger partial charge is 0.744 e. The lowest BCUT2D eigenvalue weighted by Gasteiger charge is -2.24. The quantitative estimate of drug-likeness (QED) is 0.0306. The van der Waals surface area contributed by atoms with Crippen molar-refractivity contribution in [1.82, 2.24) is 0 Å². The van der Waals surface area contributed by atoms with E-state index < -0.39 is 90.9 Å². The fourth-order valence-corrected chi connectivity index (χ4v) is 12.2. The lowest BCUT2D eigenvalue weighted by Crippen LogP contribution is -2.27. The van der Waals surface area contributed by atoms with E-state index in [-0.39, 0.29) is 38.2 Å². The summed E-state index contributed by atoms with van der Waals surface area (Å²) in [5, 5.41) is 23.9. The third kappa shape index (κ3) is 13.1. The number of allylic oxidation sites excluding steroid dienone is 4. The molecule has 0 aliphatic carbocycles. The molecule has 2 aliphatic heterocycles. The van der Waals surface area contributed by atoms with Gasteiger partial charge < -0.3 is 43.2 Å². The van der Waals surface area contributed by atoms with Crippen molar-refractivity contribution in [3.05, 3.63) is 206 Å². The average Bonchev–Trinajstić information content (AvgIpc) is 1.64. The molecule has 7 aromatic rings. The van der Waals surface area contributed by atoms with Crippen LogP contribution in [-0.4, -0.2) is 101 Å². The molecule has 0 bridgehead atoms. The number of carbonyl (C=O) groups is 2. The smallest absolute Gasteiger partial charge is 0.339 e. The van der Waals surface area contributed by atoms with Gasteiger partial charge in [0, 0.05) is 52.0 Å². The number of hydrogen-bond acceptors (Lipinski definition) is 16. The molecule has 87 heavy (non-hydrogen) atoms. The summed E-state index contributed by atoms with van der Waals surface area (Å²) < 4.78 is 97.8. The first-order valence-electron chi connectivity index (χ1n) is 26.4. The molecular formula is C65H57N6O14S2-. The number of ether oxygens (including phenoxy) is 5. The van der Waals surface area contributed by atoms with Crippen LogP contribution in [-0.2, 0) is 40.5 Å². The molecule has 0 saturated heterocycles. The minimum atomic E-state index is -4.99. The number of benzene rings is 7. The topological polar surface area (TPSA) is 289 Å². The van der Waals surface area contributed by atoms with Crippen molar-refractivity contribution in [1.29, 1.82) is 10.5 Å². The molecule has 7 aromatic carbocycles. The van der Waals surface area contributed by atoms with Crippen LogP contribution in [0.4, 0.5) is 11.4 Å². The molecule has 22 heteroatoms. The molecule has 444 valence electrons. The van der Waals surface area contributed by atoms with Gasteiger partial charge in [-0.05, 0) is 115 Å². The number of aryl methyl sites for hydroxylation is 1. The van der Waals surface area contributed by atoms with Crippen molar-refractivity contribution in [2.75, 3.05) is 52.5 Å². The number of rotatable bonds is 15. The predicted octanol–water partition coefficient (Wildman–Crippen LogP) is 8.43. The van der Waals surface area contributed by atoms with Gasteiger partial charge in [0.15, 0.2) is 5.71 Å². The zero-order valence-electron chi connectivity index (χ0n) is 48.4. The van der Waals surface area contributed by atoms with Crippen molar-refractivity contribution in [3.8, 4) is 29.4 Å². The van der Waals surface area contributed by atoms with Crippen LogP contribution in [0.15, 0.2) is 155 Å². The van der Waals surface area contributed by atoms with Crippen molar-refractivity contribution >= 4 is 82.2 Å². The number of hydrogen-bond donors (Lipinski definition) is 0. The second kappa shape index (κ2) is 26.0. The molecule has 9 rings (SSSR count). The summed E-state index contributed by atoms with van der Waals surface area (Å²) >= 11 is 0. The Morgan fingerprint density at radius 2 is 1.17 bits per heavy atom. The number of anilines is 1. The summed E-state index contributed by atoms with van der Waals surface area (Å²) in [5.74, 6) is -1.86. The number of nitrogens with zero attached hydrogens (tertiary/aromatic N) is 6. The SMILES string of the molecule is COc1ccc2c3c(ccc2c1)N(C)C(=CC=CC1=[N+](C)c2ccc4cc(C)ccc4c2C1(C)C)C3(C)C.O.[C-]#[N+]/C(C#N)=c1/cc(OCCOC(=O)c2ccccc2S(=O)(=O)[O-])/c(=C(\C#N)[N+]#[C-])cc1OCCOC(=O)c1ccccc1S(=O)(=O)[O-]. The fourth-order valence-electron chi connectivity index (χ4n) is 10.9. The second-order valence-corrected chi connectivity index (χ2v) is 23.4. The van der Waals surface area contributed by atoms with Gasteiger partial charge in [0.05, 0.1) is 58.7 Å². The van der Waals surface area contributed by atoms with E-state index in [2.05, 4.69) is 147 Å². The average molecular weight is 1210 g/mol. The highest BCUT2D eigenvalue weighted by Crippen LogP contribution is 2.50. The molecule has 0 aromatic heterocycles. The molecule has 0 atom stereocenters. The van der Waals surface area contributed by atoms with E-state index >= 15 is 0 Å². The van der Waals surface area contributed by atoms with Crippen LogP contribution in [0.25, 0.3) is 42.6 Å². The Balaban J connectivity index is 0.000000251. The van der Waals surface area contributed by atoms with Crippen LogP contribution >= 0.6 is 0 Å². The summed E-state index contributed by atoms with van der Waals surface area (Å²) in [6, 6.07) is 36.8. The van der Waals surface area contributed by atoms with Gasteiger partial charge in [-0.25, -0.2) is 46.6 Å². The van der Waals surface area contributed by atoms with Crippen molar-refractivity contribution in [3.63, 3.8) is 0 Å². The van der Waals surface area contributed by atoms with Crippen LogP contribution in [0.2, 0.25) is 0 Å². The number of nitriles is 2. The van der Waals surface area contributed by atoms with E-state index in [0.717, 1.165) is 42.1 Å². The van der Waals surface area contributed by atoms with Gasteiger partial charge in [-0.2, -0.15) is 4.58 Å². The number of carbonyl (C=O) groups excluding carboxylic acids is 2. The Hall–Kier alpha value is -10.2. The molecule has 0 spiro atoms. The van der Waals surface area contributed by atoms with E-state index in [1.807, 2.05) is 0 Å². The number of likely N-dealkylation sites (N-methyl/N-ethyl adjacent to an activating group) is 1. The molecule has 2 heterocycles. The van der Waals surface area contributed by atoms with Crippen molar-refractivity contribution in [2.45, 2.75) is 55.2 Å². The maximum Gasteiger partial charge on any atom is 0.339 e. The standard InChI is InChI=1S/C35H37N2O.C30H20N4O12S2.H2O/c1-22-12-16-26-23(20-22)13-18-28-32(26)34(2,3)30(36(28)6)10-9-11-31-35(4,5)33-27-17-15-25(38-8)21-24(27)14-19-29(33)37(31)7;1-33-23(17-31)21-15-26(44-12-14-46-30(36)20-8-4-6-10-28(20)48(40,41)42)22(24(18-32)34-2)16-25(21)43-11-13-45-29(35)19-7-3-5-9-27(19)47(37,38)39;/h9-21H,1-8H3;3-10,15-16H,11-14H2,(H,37,38,39)(H,40,41,42);1H2/q+1;;/p-2/b;23-21-,24-22+;. The summed E-state index contributed by atoms with van der Waals surface area (Å²) in [7, 11) is -3.88. The predicted molar refractivity (Wildman–Crippen MR) is 323 cm³/mol. The van der Waals surface area contributed by atoms with E-state index in [0.29, 0.717) is 0 Å². The molecule has 0 unspecified atom stereocenters. The highest BCUT2D eigenvalue weighted by molar-refractivity contribution is 7.86. The van der Waals surface area contributed by atoms with Gasteiger partial charge >= 0.3 is 11.9 Å².